The topological polar surface area (TPSA) is 71.7 Å². The Morgan fingerprint density at radius 3 is 2.24 bits per heavy atom. The molecular formula is C23H27F2N3O3S2. The zero-order valence-electron chi connectivity index (χ0n) is 18.8. The van der Waals surface area contributed by atoms with E-state index < -0.39 is 27.6 Å². The number of amides is 1. The third-order valence-corrected chi connectivity index (χ3v) is 8.27. The molecule has 178 valence electrons. The van der Waals surface area contributed by atoms with E-state index in [1.807, 2.05) is 13.8 Å². The molecule has 0 radical (unpaired) electrons. The van der Waals surface area contributed by atoms with Crippen LogP contribution in [0.4, 0.5) is 8.78 Å². The van der Waals surface area contributed by atoms with Crippen LogP contribution in [0.25, 0.3) is 10.2 Å². The van der Waals surface area contributed by atoms with Gasteiger partial charge in [-0.05, 0) is 43.2 Å². The van der Waals surface area contributed by atoms with Gasteiger partial charge in [-0.1, -0.05) is 38.0 Å². The summed E-state index contributed by atoms with van der Waals surface area (Å²) in [5.74, 6) is -2.04. The van der Waals surface area contributed by atoms with Crippen molar-refractivity contribution in [2.24, 2.45) is 12.0 Å². The van der Waals surface area contributed by atoms with E-state index in [0.717, 1.165) is 43.1 Å². The van der Waals surface area contributed by atoms with Crippen LogP contribution in [-0.2, 0) is 17.1 Å². The number of hydrogen-bond donors (Lipinski definition) is 0. The van der Waals surface area contributed by atoms with E-state index in [9.17, 15) is 22.0 Å². The second-order valence-corrected chi connectivity index (χ2v) is 10.7. The van der Waals surface area contributed by atoms with Crippen molar-refractivity contribution in [3.8, 4) is 0 Å². The smallest absolute Gasteiger partial charge is 0.279 e. The Morgan fingerprint density at radius 1 is 1.06 bits per heavy atom. The molecule has 6 nitrogen and oxygen atoms in total. The molecule has 3 rings (SSSR count). The molecule has 33 heavy (non-hydrogen) atoms. The first-order valence-corrected chi connectivity index (χ1v) is 13.1. The van der Waals surface area contributed by atoms with Crippen LogP contribution in [-0.4, -0.2) is 36.3 Å². The van der Waals surface area contributed by atoms with Crippen LogP contribution in [0, 0.1) is 11.6 Å². The summed E-state index contributed by atoms with van der Waals surface area (Å²) >= 11 is 0.995. The summed E-state index contributed by atoms with van der Waals surface area (Å²) in [4.78, 5) is 17.0. The fourth-order valence-electron chi connectivity index (χ4n) is 3.40. The van der Waals surface area contributed by atoms with Crippen LogP contribution in [0.15, 0.2) is 46.3 Å². The molecule has 1 heterocycles. The summed E-state index contributed by atoms with van der Waals surface area (Å²) < 4.78 is 57.0. The number of carbonyl (C=O) groups is 1. The number of sulfonamides is 1. The molecule has 1 amide bonds. The van der Waals surface area contributed by atoms with Gasteiger partial charge in [-0.3, -0.25) is 4.79 Å². The van der Waals surface area contributed by atoms with E-state index >= 15 is 0 Å². The van der Waals surface area contributed by atoms with Crippen LogP contribution in [0.5, 0.6) is 0 Å². The number of thiazole rings is 1. The largest absolute Gasteiger partial charge is 0.317 e. The molecule has 10 heteroatoms. The Morgan fingerprint density at radius 2 is 1.67 bits per heavy atom. The monoisotopic (exact) mass is 495 g/mol. The zero-order chi connectivity index (χ0) is 24.2. The van der Waals surface area contributed by atoms with Gasteiger partial charge in [-0.25, -0.2) is 17.2 Å². The minimum absolute atomic E-state index is 0.122. The van der Waals surface area contributed by atoms with Crippen LogP contribution >= 0.6 is 11.3 Å². The van der Waals surface area contributed by atoms with Gasteiger partial charge >= 0.3 is 0 Å². The Balaban J connectivity index is 1.89. The predicted octanol–water partition coefficient (Wildman–Crippen LogP) is 4.85. The molecule has 2 aromatic carbocycles. The molecule has 0 aliphatic carbocycles. The lowest BCUT2D eigenvalue weighted by Gasteiger charge is -2.22. The standard InChI is InChI=1S/C23H27F2N3O3S2/c1-4-6-12-28(13-7-5-2)33(30,31)18-10-8-16(9-11-18)22(29)26-23-27(3)21-19(25)14-17(24)15-20(21)32-23/h8-11,14-15H,4-7,12-13H2,1-3H3. The van der Waals surface area contributed by atoms with E-state index in [2.05, 4.69) is 4.99 Å². The quantitative estimate of drug-likeness (QED) is 0.426. The third kappa shape index (κ3) is 5.56. The van der Waals surface area contributed by atoms with Crippen molar-refractivity contribution in [1.29, 1.82) is 0 Å². The molecule has 0 fully saturated rings. The number of carbonyl (C=O) groups excluding carboxylic acids is 1. The SMILES string of the molecule is CCCCN(CCCC)S(=O)(=O)c1ccc(C(=O)N=c2sc3cc(F)cc(F)c3n2C)cc1. The second-order valence-electron chi connectivity index (χ2n) is 7.73. The number of nitrogens with zero attached hydrogens (tertiary/aromatic N) is 3. The number of fused-ring (bicyclic) bond motifs is 1. The van der Waals surface area contributed by atoms with Gasteiger partial charge in [0.1, 0.15) is 5.82 Å². The average molecular weight is 496 g/mol. The third-order valence-electron chi connectivity index (χ3n) is 5.28. The maximum absolute atomic E-state index is 14.1. The predicted molar refractivity (Wildman–Crippen MR) is 126 cm³/mol. The minimum Gasteiger partial charge on any atom is -0.317 e. The van der Waals surface area contributed by atoms with Crippen molar-refractivity contribution < 1.29 is 22.0 Å². The summed E-state index contributed by atoms with van der Waals surface area (Å²) in [7, 11) is -2.12. The first-order chi connectivity index (χ1) is 15.7. The molecule has 0 saturated heterocycles. The number of unbranched alkanes of at least 4 members (excludes halogenated alkanes) is 2. The second kappa shape index (κ2) is 10.7. The molecule has 0 N–H and O–H groups in total. The van der Waals surface area contributed by atoms with Crippen molar-refractivity contribution in [2.75, 3.05) is 13.1 Å². The van der Waals surface area contributed by atoms with E-state index in [1.165, 1.54) is 39.2 Å². The number of halogens is 2. The first-order valence-electron chi connectivity index (χ1n) is 10.8. The van der Waals surface area contributed by atoms with Gasteiger partial charge in [-0.15, -0.1) is 0 Å². The van der Waals surface area contributed by atoms with Crippen LogP contribution in [0.3, 0.4) is 0 Å². The van der Waals surface area contributed by atoms with Gasteiger partial charge in [0, 0.05) is 31.8 Å². The van der Waals surface area contributed by atoms with Gasteiger partial charge in [0.15, 0.2) is 10.6 Å². The van der Waals surface area contributed by atoms with Crippen LogP contribution in [0.2, 0.25) is 0 Å². The molecule has 1 aromatic heterocycles. The number of aryl methyl sites for hydroxylation is 1. The summed E-state index contributed by atoms with van der Waals surface area (Å²) in [6.07, 6.45) is 3.32. The van der Waals surface area contributed by atoms with Crippen molar-refractivity contribution in [1.82, 2.24) is 8.87 Å². The Labute approximate surface area is 196 Å². The Hall–Kier alpha value is -2.43. The molecule has 0 aliphatic rings. The maximum atomic E-state index is 14.1. The molecule has 3 aromatic rings. The van der Waals surface area contributed by atoms with Crippen molar-refractivity contribution in [3.05, 3.63) is 58.4 Å². The summed E-state index contributed by atoms with van der Waals surface area (Å²) in [5, 5.41) is 0. The Kier molecular flexibility index (Phi) is 8.14. The Bertz CT molecular complexity index is 1310. The van der Waals surface area contributed by atoms with Crippen LogP contribution < -0.4 is 4.80 Å². The molecule has 0 saturated carbocycles. The average Bonchev–Trinajstić information content (AvgIpc) is 3.08. The lowest BCUT2D eigenvalue weighted by molar-refractivity contribution is 0.0998. The van der Waals surface area contributed by atoms with Crippen molar-refractivity contribution >= 4 is 37.5 Å². The molecule has 0 spiro atoms. The highest BCUT2D eigenvalue weighted by atomic mass is 32.2. The number of aromatic nitrogens is 1. The summed E-state index contributed by atoms with van der Waals surface area (Å²) in [6, 6.07) is 7.62. The van der Waals surface area contributed by atoms with Crippen molar-refractivity contribution in [2.45, 2.75) is 44.4 Å². The molecule has 0 unspecified atom stereocenters. The summed E-state index contributed by atoms with van der Waals surface area (Å²) in [5.41, 5.74) is 0.361. The number of rotatable bonds is 9. The molecule has 0 aliphatic heterocycles. The van der Waals surface area contributed by atoms with Gasteiger partial charge in [0.05, 0.1) is 15.1 Å². The van der Waals surface area contributed by atoms with Crippen LogP contribution in [0.1, 0.15) is 49.9 Å². The highest BCUT2D eigenvalue weighted by Crippen LogP contribution is 2.22. The van der Waals surface area contributed by atoms with Gasteiger partial charge in [0.2, 0.25) is 10.0 Å². The van der Waals surface area contributed by atoms with Gasteiger partial charge in [-0.2, -0.15) is 9.30 Å². The molecule has 0 atom stereocenters. The highest BCUT2D eigenvalue weighted by Gasteiger charge is 2.23. The van der Waals surface area contributed by atoms with E-state index in [-0.39, 0.29) is 20.8 Å². The lowest BCUT2D eigenvalue weighted by atomic mass is 10.2. The molecule has 0 bridgehead atoms. The summed E-state index contributed by atoms with van der Waals surface area (Å²) in [6.45, 7) is 4.93. The number of hydrogen-bond acceptors (Lipinski definition) is 4. The van der Waals surface area contributed by atoms with Crippen molar-refractivity contribution in [3.63, 3.8) is 0 Å². The maximum Gasteiger partial charge on any atom is 0.279 e. The minimum atomic E-state index is -3.67. The first kappa shape index (κ1) is 25.2. The van der Waals surface area contributed by atoms with E-state index in [1.54, 1.807) is 7.05 Å². The van der Waals surface area contributed by atoms with Gasteiger partial charge < -0.3 is 4.57 Å². The van der Waals surface area contributed by atoms with E-state index in [4.69, 9.17) is 0 Å². The van der Waals surface area contributed by atoms with E-state index in [0.29, 0.717) is 17.8 Å². The van der Waals surface area contributed by atoms with Gasteiger partial charge in [0.25, 0.3) is 5.91 Å². The highest BCUT2D eigenvalue weighted by molar-refractivity contribution is 7.89. The fourth-order valence-corrected chi connectivity index (χ4v) is 5.97. The number of benzene rings is 2. The molecular weight excluding hydrogens is 468 g/mol. The fraction of sp³-hybridized carbons (Fsp3) is 0.391. The lowest BCUT2D eigenvalue weighted by Crippen LogP contribution is -2.33. The normalized spacial score (nSPS) is 12.7. The zero-order valence-corrected chi connectivity index (χ0v) is 20.5.